The van der Waals surface area contributed by atoms with Crippen LogP contribution in [-0.2, 0) is 14.8 Å². The number of carbonyl (C=O) groups excluding carboxylic acids is 1. The summed E-state index contributed by atoms with van der Waals surface area (Å²) in [6.07, 6.45) is 1.37. The number of likely N-dealkylation sites (tertiary alicyclic amines) is 1. The number of hydrogen-bond donors (Lipinski definition) is 2. The van der Waals surface area contributed by atoms with E-state index >= 15 is 0 Å². The van der Waals surface area contributed by atoms with Gasteiger partial charge in [0, 0.05) is 38.6 Å². The van der Waals surface area contributed by atoms with Gasteiger partial charge in [-0.05, 0) is 47.4 Å². The number of nitrogens with zero attached hydrogens (tertiary/aromatic N) is 4. The number of carbonyl (C=O) groups is 1. The number of likely N-dealkylation sites (N-methyl/N-ethyl adjacent to an activating group) is 1. The van der Waals surface area contributed by atoms with Crippen molar-refractivity contribution in [3.8, 4) is 6.07 Å². The Hall–Kier alpha value is -4.56. The Kier molecular flexibility index (Phi) is 9.16. The van der Waals surface area contributed by atoms with Crippen molar-refractivity contribution in [2.75, 3.05) is 31.4 Å². The van der Waals surface area contributed by atoms with Gasteiger partial charge < -0.3 is 10.0 Å². The fourth-order valence-electron chi connectivity index (χ4n) is 5.43. The Morgan fingerprint density at radius 3 is 2.23 bits per heavy atom. The number of rotatable bonds is 10. The fraction of sp³-hybridized carbons (Fsp3) is 0.242. The highest BCUT2D eigenvalue weighted by atomic mass is 32.2. The van der Waals surface area contributed by atoms with E-state index in [0.29, 0.717) is 31.7 Å². The third-order valence-electron chi connectivity index (χ3n) is 7.69. The maximum Gasteiger partial charge on any atom is 0.263 e. The van der Waals surface area contributed by atoms with E-state index in [1.54, 1.807) is 30.1 Å². The van der Waals surface area contributed by atoms with Gasteiger partial charge in [-0.15, -0.1) is 0 Å². The van der Waals surface area contributed by atoms with Crippen molar-refractivity contribution in [2.24, 2.45) is 0 Å². The van der Waals surface area contributed by atoms with Crippen LogP contribution in [0.1, 0.15) is 40.8 Å². The Balaban J connectivity index is 1.48. The van der Waals surface area contributed by atoms with E-state index in [0.717, 1.165) is 22.9 Å². The van der Waals surface area contributed by atoms with Crippen LogP contribution in [0.2, 0.25) is 0 Å². The zero-order chi connectivity index (χ0) is 30.4. The first kappa shape index (κ1) is 29.9. The topological polar surface area (TPSA) is 127 Å². The third-order valence-corrected chi connectivity index (χ3v) is 9.06. The summed E-state index contributed by atoms with van der Waals surface area (Å²) < 4.78 is 28.8. The molecule has 1 amide bonds. The van der Waals surface area contributed by atoms with E-state index in [2.05, 4.69) is 14.6 Å². The lowest BCUT2D eigenvalue weighted by Crippen LogP contribution is -2.41. The number of pyridine rings is 1. The molecule has 1 aliphatic heterocycles. The van der Waals surface area contributed by atoms with Gasteiger partial charge in [0.2, 0.25) is 5.91 Å². The number of nitrogens with one attached hydrogen (secondary N) is 1. The molecule has 43 heavy (non-hydrogen) atoms. The summed E-state index contributed by atoms with van der Waals surface area (Å²) >= 11 is 0. The van der Waals surface area contributed by atoms with Crippen molar-refractivity contribution in [3.05, 3.63) is 126 Å². The molecular formula is C33H33N5O4S. The van der Waals surface area contributed by atoms with Crippen LogP contribution in [0.25, 0.3) is 0 Å². The molecule has 10 heteroatoms. The summed E-state index contributed by atoms with van der Waals surface area (Å²) in [5, 5.41) is 19.2. The van der Waals surface area contributed by atoms with Crippen LogP contribution in [0.3, 0.4) is 0 Å². The maximum absolute atomic E-state index is 14.4. The molecule has 0 bridgehead atoms. The molecule has 5 rings (SSSR count). The average molecular weight is 596 g/mol. The molecule has 9 nitrogen and oxygen atoms in total. The summed E-state index contributed by atoms with van der Waals surface area (Å²) in [6, 6.07) is 30.4. The van der Waals surface area contributed by atoms with Crippen LogP contribution in [0.15, 0.2) is 108 Å². The minimum atomic E-state index is -3.98. The van der Waals surface area contributed by atoms with Crippen molar-refractivity contribution >= 4 is 21.6 Å². The Labute approximate surface area is 252 Å². The summed E-state index contributed by atoms with van der Waals surface area (Å²) in [6.45, 7) is 1.65. The molecule has 0 radical (unpaired) electrons. The second kappa shape index (κ2) is 13.2. The summed E-state index contributed by atoms with van der Waals surface area (Å²) in [4.78, 5) is 22.0. The summed E-state index contributed by atoms with van der Waals surface area (Å²) in [7, 11) is -2.20. The molecule has 1 aliphatic rings. The highest BCUT2D eigenvalue weighted by Gasteiger charge is 2.33. The van der Waals surface area contributed by atoms with E-state index in [4.69, 9.17) is 5.26 Å². The molecule has 2 N–H and O–H groups in total. The normalized spacial score (nSPS) is 16.0. The minimum absolute atomic E-state index is 0.0691. The average Bonchev–Trinajstić information content (AvgIpc) is 3.45. The highest BCUT2D eigenvalue weighted by Crippen LogP contribution is 2.32. The summed E-state index contributed by atoms with van der Waals surface area (Å²) in [5.41, 5.74) is 2.94. The smallest absolute Gasteiger partial charge is 0.263 e. The van der Waals surface area contributed by atoms with Crippen LogP contribution < -0.4 is 4.72 Å². The number of hydrogen-bond acceptors (Lipinski definition) is 7. The number of β-amino-alcohol motifs (C(OH)–C–C–N with tert-alkyl or cyclic N) is 1. The number of amides is 1. The predicted molar refractivity (Wildman–Crippen MR) is 164 cm³/mol. The molecule has 2 heterocycles. The molecule has 1 saturated heterocycles. The quantitative estimate of drug-likeness (QED) is 0.282. The second-order valence-corrected chi connectivity index (χ2v) is 12.3. The number of aliphatic hydroxyl groups is 1. The minimum Gasteiger partial charge on any atom is -0.392 e. The van der Waals surface area contributed by atoms with Gasteiger partial charge >= 0.3 is 0 Å². The van der Waals surface area contributed by atoms with E-state index in [-0.39, 0.29) is 16.5 Å². The number of aliphatic hydroxyl groups excluding tert-OH is 1. The monoisotopic (exact) mass is 595 g/mol. The molecule has 220 valence electrons. The van der Waals surface area contributed by atoms with Gasteiger partial charge in [-0.2, -0.15) is 5.26 Å². The molecule has 1 fully saturated rings. The Morgan fingerprint density at radius 2 is 1.67 bits per heavy atom. The van der Waals surface area contributed by atoms with Gasteiger partial charge in [0.15, 0.2) is 0 Å². The van der Waals surface area contributed by atoms with Crippen molar-refractivity contribution in [1.82, 2.24) is 14.8 Å². The second-order valence-electron chi connectivity index (χ2n) is 10.6. The standard InChI is InChI=1S/C33H33N5O4S/c1-37(33(40)32(24-9-4-2-5-10-24)25-11-6-3-7-12-25)31(23-38-18-17-29(39)22-38)26-13-8-14-27(19-26)36-43(41,42)30-16-15-28(20-34)35-21-30/h2-16,19,21,29,31-32,36,39H,17-18,22-23H2,1H3. The Bertz CT molecular complexity index is 1650. The number of anilines is 1. The SMILES string of the molecule is CN(C(=O)C(c1ccccc1)c1ccccc1)C(CN1CCC(O)C1)c1cccc(NS(=O)(=O)c2ccc(C#N)nc2)c1. The van der Waals surface area contributed by atoms with Gasteiger partial charge in [-0.3, -0.25) is 14.4 Å². The van der Waals surface area contributed by atoms with E-state index < -0.39 is 28.1 Å². The van der Waals surface area contributed by atoms with E-state index in [9.17, 15) is 18.3 Å². The van der Waals surface area contributed by atoms with Crippen LogP contribution in [0.4, 0.5) is 5.69 Å². The Morgan fingerprint density at radius 1 is 1.02 bits per heavy atom. The van der Waals surface area contributed by atoms with Crippen molar-refractivity contribution < 1.29 is 18.3 Å². The van der Waals surface area contributed by atoms with Crippen molar-refractivity contribution in [1.29, 1.82) is 5.26 Å². The lowest BCUT2D eigenvalue weighted by Gasteiger charge is -2.35. The first-order valence-corrected chi connectivity index (χ1v) is 15.5. The number of nitriles is 1. The molecule has 0 aliphatic carbocycles. The van der Waals surface area contributed by atoms with Crippen LogP contribution >= 0.6 is 0 Å². The zero-order valence-electron chi connectivity index (χ0n) is 23.7. The van der Waals surface area contributed by atoms with Crippen LogP contribution in [0, 0.1) is 11.3 Å². The van der Waals surface area contributed by atoms with Crippen molar-refractivity contribution in [3.63, 3.8) is 0 Å². The van der Waals surface area contributed by atoms with Gasteiger partial charge in [-0.1, -0.05) is 72.8 Å². The summed E-state index contributed by atoms with van der Waals surface area (Å²) in [5.74, 6) is -0.638. The number of aromatic nitrogens is 1. The van der Waals surface area contributed by atoms with Gasteiger partial charge in [0.05, 0.1) is 18.1 Å². The fourth-order valence-corrected chi connectivity index (χ4v) is 6.42. The highest BCUT2D eigenvalue weighted by molar-refractivity contribution is 7.92. The van der Waals surface area contributed by atoms with Crippen LogP contribution in [-0.4, -0.2) is 67.0 Å². The number of benzene rings is 3. The number of sulfonamides is 1. The largest absolute Gasteiger partial charge is 0.392 e. The molecular weight excluding hydrogens is 562 g/mol. The van der Waals surface area contributed by atoms with Crippen molar-refractivity contribution in [2.45, 2.75) is 29.4 Å². The molecule has 0 spiro atoms. The van der Waals surface area contributed by atoms with Gasteiger partial charge in [0.25, 0.3) is 10.0 Å². The molecule has 4 aromatic rings. The third kappa shape index (κ3) is 7.09. The van der Waals surface area contributed by atoms with Crippen LogP contribution in [0.5, 0.6) is 0 Å². The lowest BCUT2D eigenvalue weighted by atomic mass is 9.89. The molecule has 2 unspecified atom stereocenters. The van der Waals surface area contributed by atoms with Gasteiger partial charge in [-0.25, -0.2) is 13.4 Å². The first-order chi connectivity index (χ1) is 20.7. The lowest BCUT2D eigenvalue weighted by molar-refractivity contribution is -0.133. The van der Waals surface area contributed by atoms with E-state index in [1.807, 2.05) is 72.8 Å². The van der Waals surface area contributed by atoms with Gasteiger partial charge in [0.1, 0.15) is 16.7 Å². The molecule has 3 aromatic carbocycles. The predicted octanol–water partition coefficient (Wildman–Crippen LogP) is 4.15. The van der Waals surface area contributed by atoms with E-state index in [1.165, 1.54) is 12.1 Å². The molecule has 0 saturated carbocycles. The molecule has 2 atom stereocenters. The molecule has 1 aromatic heterocycles. The zero-order valence-corrected chi connectivity index (χ0v) is 24.6. The first-order valence-electron chi connectivity index (χ1n) is 14.0. The maximum atomic E-state index is 14.4.